The number of hydrogen-bond acceptors (Lipinski definition) is 5. The second kappa shape index (κ2) is 7.24. The largest absolute Gasteiger partial charge is 0.460 e. The molecule has 0 saturated heterocycles. The number of benzene rings is 1. The third-order valence-electron chi connectivity index (χ3n) is 2.29. The van der Waals surface area contributed by atoms with Crippen LogP contribution in [0.1, 0.15) is 33.6 Å². The van der Waals surface area contributed by atoms with Gasteiger partial charge in [0.15, 0.2) is 0 Å². The van der Waals surface area contributed by atoms with Gasteiger partial charge in [-0.25, -0.2) is 0 Å². The zero-order valence-corrected chi connectivity index (χ0v) is 13.8. The second-order valence-corrected chi connectivity index (χ2v) is 7.47. The summed E-state index contributed by atoms with van der Waals surface area (Å²) in [4.78, 5) is 11.5. The fourth-order valence-electron chi connectivity index (χ4n) is 1.45. The van der Waals surface area contributed by atoms with Gasteiger partial charge in [-0.05, 0) is 51.5 Å². The summed E-state index contributed by atoms with van der Waals surface area (Å²) >= 11 is 5.69. The lowest BCUT2D eigenvalue weighted by molar-refractivity contribution is -0.155. The van der Waals surface area contributed by atoms with E-state index in [0.717, 1.165) is 0 Å². The van der Waals surface area contributed by atoms with Crippen molar-refractivity contribution >= 4 is 27.7 Å². The Morgan fingerprint density at radius 3 is 2.29 bits per heavy atom. The highest BCUT2D eigenvalue weighted by Crippen LogP contribution is 2.16. The molecule has 5 nitrogen and oxygen atoms in total. The zero-order chi connectivity index (χ0) is 16.1. The molecule has 1 aromatic carbocycles. The monoisotopic (exact) mass is 334 g/mol. The molecule has 7 heteroatoms. The van der Waals surface area contributed by atoms with Crippen molar-refractivity contribution in [2.75, 3.05) is 6.61 Å². The molecule has 0 heterocycles. The number of rotatable bonds is 6. The third kappa shape index (κ3) is 6.93. The molecule has 0 N–H and O–H groups in total. The first-order valence-electron chi connectivity index (χ1n) is 6.47. The number of carbonyl (C=O) groups is 1. The van der Waals surface area contributed by atoms with Crippen molar-refractivity contribution in [3.63, 3.8) is 0 Å². The van der Waals surface area contributed by atoms with Gasteiger partial charge >= 0.3 is 5.97 Å². The summed E-state index contributed by atoms with van der Waals surface area (Å²) < 4.78 is 33.6. The Morgan fingerprint density at radius 1 is 1.19 bits per heavy atom. The maximum Gasteiger partial charge on any atom is 0.306 e. The zero-order valence-electron chi connectivity index (χ0n) is 12.3. The predicted octanol–water partition coefficient (Wildman–Crippen LogP) is 3.17. The summed E-state index contributed by atoms with van der Waals surface area (Å²) in [6.45, 7) is 5.23. The van der Waals surface area contributed by atoms with Crippen molar-refractivity contribution in [1.29, 1.82) is 0 Å². The molecule has 21 heavy (non-hydrogen) atoms. The molecule has 1 aromatic rings. The van der Waals surface area contributed by atoms with E-state index in [2.05, 4.69) is 0 Å². The van der Waals surface area contributed by atoms with Gasteiger partial charge in [-0.3, -0.25) is 8.98 Å². The summed E-state index contributed by atoms with van der Waals surface area (Å²) in [6, 6.07) is 5.67. The summed E-state index contributed by atoms with van der Waals surface area (Å²) in [5.74, 6) is -0.380. The van der Waals surface area contributed by atoms with Crippen molar-refractivity contribution in [3.8, 4) is 0 Å². The van der Waals surface area contributed by atoms with E-state index >= 15 is 0 Å². The fourth-order valence-corrected chi connectivity index (χ4v) is 2.52. The van der Waals surface area contributed by atoms with Gasteiger partial charge in [-0.15, -0.1) is 0 Å². The maximum absolute atomic E-state index is 11.8. The van der Waals surface area contributed by atoms with E-state index in [4.69, 9.17) is 20.5 Å². The van der Waals surface area contributed by atoms with Crippen LogP contribution in [0.2, 0.25) is 5.02 Å². The van der Waals surface area contributed by atoms with Gasteiger partial charge in [0.25, 0.3) is 10.1 Å². The molecule has 1 rings (SSSR count). The minimum Gasteiger partial charge on any atom is -0.460 e. The molecule has 0 aliphatic heterocycles. The van der Waals surface area contributed by atoms with Gasteiger partial charge in [-0.1, -0.05) is 11.6 Å². The maximum atomic E-state index is 11.8. The highest BCUT2D eigenvalue weighted by atomic mass is 35.5. The SMILES string of the molecule is CC(C)(C)OC(=O)CCCOS(=O)(=O)c1ccc(Cl)cc1. The van der Waals surface area contributed by atoms with Crippen molar-refractivity contribution < 1.29 is 22.1 Å². The van der Waals surface area contributed by atoms with Crippen molar-refractivity contribution in [3.05, 3.63) is 29.3 Å². The van der Waals surface area contributed by atoms with E-state index in [1.54, 1.807) is 20.8 Å². The van der Waals surface area contributed by atoms with E-state index in [1.165, 1.54) is 24.3 Å². The highest BCUT2D eigenvalue weighted by Gasteiger charge is 2.17. The Hall–Kier alpha value is -1.11. The molecule has 0 radical (unpaired) electrons. The Bertz CT molecular complexity index is 572. The molecule has 0 saturated carbocycles. The molecule has 0 unspecified atom stereocenters. The number of halogens is 1. The number of ether oxygens (including phenoxy) is 1. The quantitative estimate of drug-likeness (QED) is 0.454. The highest BCUT2D eigenvalue weighted by molar-refractivity contribution is 7.86. The number of carbonyl (C=O) groups excluding carboxylic acids is 1. The fraction of sp³-hybridized carbons (Fsp3) is 0.500. The minimum absolute atomic E-state index is 0.0316. The molecule has 0 amide bonds. The Labute approximate surface area is 130 Å². The van der Waals surface area contributed by atoms with Gasteiger partial charge in [0.05, 0.1) is 11.5 Å². The number of hydrogen-bond donors (Lipinski definition) is 0. The first-order valence-corrected chi connectivity index (χ1v) is 8.26. The average molecular weight is 335 g/mol. The predicted molar refractivity (Wildman–Crippen MR) is 79.7 cm³/mol. The van der Waals surface area contributed by atoms with E-state index in [9.17, 15) is 13.2 Å². The van der Waals surface area contributed by atoms with Crippen LogP contribution in [0.15, 0.2) is 29.2 Å². The minimum atomic E-state index is -3.82. The molecular formula is C14H19ClO5S. The summed E-state index contributed by atoms with van der Waals surface area (Å²) in [5, 5.41) is 0.443. The Balaban J connectivity index is 2.41. The molecule has 0 spiro atoms. The Morgan fingerprint density at radius 2 is 1.76 bits per heavy atom. The first kappa shape index (κ1) is 17.9. The van der Waals surface area contributed by atoms with Crippen LogP contribution in [0.25, 0.3) is 0 Å². The lowest BCUT2D eigenvalue weighted by Crippen LogP contribution is -2.24. The van der Waals surface area contributed by atoms with E-state index in [0.29, 0.717) is 5.02 Å². The van der Waals surface area contributed by atoms with Crippen LogP contribution >= 0.6 is 11.6 Å². The van der Waals surface area contributed by atoms with Crippen molar-refractivity contribution in [1.82, 2.24) is 0 Å². The van der Waals surface area contributed by atoms with Crippen LogP contribution in [-0.2, 0) is 23.8 Å². The first-order chi connectivity index (χ1) is 9.60. The smallest absolute Gasteiger partial charge is 0.306 e. The second-order valence-electron chi connectivity index (χ2n) is 5.42. The summed E-state index contributed by atoms with van der Waals surface area (Å²) in [7, 11) is -3.82. The van der Waals surface area contributed by atoms with Gasteiger partial charge in [0.1, 0.15) is 5.60 Å². The van der Waals surface area contributed by atoms with E-state index < -0.39 is 15.7 Å². The standard InChI is InChI=1S/C14H19ClO5S/c1-14(2,3)20-13(16)5-4-10-19-21(17,18)12-8-6-11(15)7-9-12/h6-9H,4-5,10H2,1-3H3. The molecule has 0 aliphatic carbocycles. The van der Waals surface area contributed by atoms with E-state index in [1.807, 2.05) is 0 Å². The molecule has 0 aliphatic rings. The van der Waals surface area contributed by atoms with Gasteiger partial charge in [0.2, 0.25) is 0 Å². The van der Waals surface area contributed by atoms with Crippen LogP contribution < -0.4 is 0 Å². The van der Waals surface area contributed by atoms with Crippen LogP contribution in [0.4, 0.5) is 0 Å². The van der Waals surface area contributed by atoms with Gasteiger partial charge in [-0.2, -0.15) is 8.42 Å². The molecule has 0 fully saturated rings. The lowest BCUT2D eigenvalue weighted by atomic mass is 10.2. The summed E-state index contributed by atoms with van der Waals surface area (Å²) in [5.41, 5.74) is -0.548. The Kier molecular flexibility index (Phi) is 6.19. The van der Waals surface area contributed by atoms with Gasteiger partial charge < -0.3 is 4.74 Å². The van der Waals surface area contributed by atoms with Crippen molar-refractivity contribution in [2.24, 2.45) is 0 Å². The molecule has 118 valence electrons. The van der Waals surface area contributed by atoms with Crippen molar-refractivity contribution in [2.45, 2.75) is 44.1 Å². The lowest BCUT2D eigenvalue weighted by Gasteiger charge is -2.19. The molecule has 0 atom stereocenters. The number of esters is 1. The normalized spacial score (nSPS) is 12.2. The molecular weight excluding hydrogens is 316 g/mol. The molecule has 0 bridgehead atoms. The van der Waals surface area contributed by atoms with Gasteiger partial charge in [0, 0.05) is 11.4 Å². The summed E-state index contributed by atoms with van der Waals surface area (Å²) in [6.07, 6.45) is 0.370. The van der Waals surface area contributed by atoms with E-state index in [-0.39, 0.29) is 30.3 Å². The molecule has 0 aromatic heterocycles. The average Bonchev–Trinajstić information content (AvgIpc) is 2.33. The van der Waals surface area contributed by atoms with Crippen LogP contribution in [0.5, 0.6) is 0 Å². The van der Waals surface area contributed by atoms with Crippen LogP contribution in [0, 0.1) is 0 Å². The third-order valence-corrected chi connectivity index (χ3v) is 3.86. The van der Waals surface area contributed by atoms with Crippen LogP contribution in [-0.4, -0.2) is 26.6 Å². The van der Waals surface area contributed by atoms with Crippen LogP contribution in [0.3, 0.4) is 0 Å². The topological polar surface area (TPSA) is 69.7 Å².